The zero-order valence-electron chi connectivity index (χ0n) is 12.5. The maximum atomic E-state index is 12.1. The van der Waals surface area contributed by atoms with Crippen LogP contribution in [0.25, 0.3) is 0 Å². The summed E-state index contributed by atoms with van der Waals surface area (Å²) in [6.45, 7) is 0.614. The number of carbonyl (C=O) groups excluding carboxylic acids is 1. The lowest BCUT2D eigenvalue weighted by Gasteiger charge is -2.20. The predicted octanol–water partition coefficient (Wildman–Crippen LogP) is 2.60. The van der Waals surface area contributed by atoms with Crippen LogP contribution in [0.15, 0.2) is 35.7 Å². The number of thiophene rings is 1. The average Bonchev–Trinajstić information content (AvgIpc) is 2.97. The molecule has 2 N–H and O–H groups in total. The maximum Gasteiger partial charge on any atom is 0.224 e. The van der Waals surface area contributed by atoms with E-state index in [-0.39, 0.29) is 11.9 Å². The summed E-state index contributed by atoms with van der Waals surface area (Å²) in [5.41, 5.74) is 0.858. The second kappa shape index (κ2) is 7.97. The Morgan fingerprint density at radius 2 is 2.05 bits per heavy atom. The van der Waals surface area contributed by atoms with Crippen LogP contribution < -0.4 is 10.2 Å². The number of hydrogen-bond acceptors (Lipinski definition) is 2. The van der Waals surface area contributed by atoms with Crippen molar-refractivity contribution in [3.63, 3.8) is 0 Å². The van der Waals surface area contributed by atoms with Crippen molar-refractivity contribution in [1.82, 2.24) is 5.32 Å². The van der Waals surface area contributed by atoms with Gasteiger partial charge in [-0.15, -0.1) is 11.3 Å². The molecule has 0 aliphatic carbocycles. The summed E-state index contributed by atoms with van der Waals surface area (Å²) in [5.74, 6) is -0.0128. The van der Waals surface area contributed by atoms with Gasteiger partial charge in [0.05, 0.1) is 42.0 Å². The lowest BCUT2D eigenvalue weighted by Crippen LogP contribution is -3.06. The highest BCUT2D eigenvalue weighted by atomic mass is 35.5. The van der Waals surface area contributed by atoms with Gasteiger partial charge in [-0.1, -0.05) is 35.3 Å². The molecule has 0 unspecified atom stereocenters. The van der Waals surface area contributed by atoms with Gasteiger partial charge < -0.3 is 10.2 Å². The van der Waals surface area contributed by atoms with Gasteiger partial charge in [0.2, 0.25) is 5.91 Å². The van der Waals surface area contributed by atoms with Crippen LogP contribution in [0.3, 0.4) is 0 Å². The molecule has 2 rings (SSSR count). The average molecular weight is 358 g/mol. The Kier molecular flexibility index (Phi) is 6.26. The van der Waals surface area contributed by atoms with Crippen molar-refractivity contribution < 1.29 is 9.69 Å². The zero-order valence-corrected chi connectivity index (χ0v) is 14.9. The highest BCUT2D eigenvalue weighted by Gasteiger charge is 2.19. The number of quaternary nitrogens is 1. The van der Waals surface area contributed by atoms with Gasteiger partial charge in [-0.3, -0.25) is 4.79 Å². The number of benzene rings is 1. The monoisotopic (exact) mass is 357 g/mol. The van der Waals surface area contributed by atoms with Crippen LogP contribution >= 0.6 is 34.5 Å². The van der Waals surface area contributed by atoms with Crippen molar-refractivity contribution in [2.45, 2.75) is 12.5 Å². The van der Waals surface area contributed by atoms with E-state index in [9.17, 15) is 4.79 Å². The molecule has 0 saturated carbocycles. The van der Waals surface area contributed by atoms with Gasteiger partial charge in [0, 0.05) is 0 Å². The van der Waals surface area contributed by atoms with Crippen molar-refractivity contribution in [3.05, 3.63) is 56.2 Å². The topological polar surface area (TPSA) is 33.5 Å². The standard InChI is InChI=1S/C16H18Cl2N2OS/c1-20(2)14(15-4-3-7-22-15)10-19-16(21)9-11-5-6-12(17)13(18)8-11/h3-8,14H,9-10H2,1-2H3,(H,19,21)/p+1/t14-/m1/s1. The molecule has 1 amide bonds. The first-order valence-electron chi connectivity index (χ1n) is 7.01. The fourth-order valence-electron chi connectivity index (χ4n) is 2.19. The Hall–Kier alpha value is -1.07. The third kappa shape index (κ3) is 4.71. The highest BCUT2D eigenvalue weighted by Crippen LogP contribution is 2.22. The number of halogens is 2. The highest BCUT2D eigenvalue weighted by molar-refractivity contribution is 7.10. The number of nitrogens with one attached hydrogen (secondary N) is 2. The van der Waals surface area contributed by atoms with Gasteiger partial charge >= 0.3 is 0 Å². The molecule has 0 fully saturated rings. The minimum absolute atomic E-state index is 0.0128. The van der Waals surface area contributed by atoms with Gasteiger partial charge in [0.1, 0.15) is 6.04 Å². The Morgan fingerprint density at radius 3 is 2.64 bits per heavy atom. The predicted molar refractivity (Wildman–Crippen MR) is 93.0 cm³/mol. The van der Waals surface area contributed by atoms with E-state index in [1.54, 1.807) is 23.5 Å². The number of likely N-dealkylation sites (N-methyl/N-ethyl adjacent to an activating group) is 1. The van der Waals surface area contributed by atoms with Crippen LogP contribution in [0.4, 0.5) is 0 Å². The summed E-state index contributed by atoms with van der Waals surface area (Å²) in [5, 5.41) is 6.04. The van der Waals surface area contributed by atoms with Crippen LogP contribution in [0.2, 0.25) is 10.0 Å². The third-order valence-corrected chi connectivity index (χ3v) is 5.16. The first-order valence-corrected chi connectivity index (χ1v) is 8.65. The second-order valence-electron chi connectivity index (χ2n) is 5.37. The molecule has 2 aromatic rings. The van der Waals surface area contributed by atoms with E-state index in [1.807, 2.05) is 12.1 Å². The number of carbonyl (C=O) groups is 1. The van der Waals surface area contributed by atoms with Crippen molar-refractivity contribution >= 4 is 40.4 Å². The molecule has 22 heavy (non-hydrogen) atoms. The molecule has 1 aromatic heterocycles. The van der Waals surface area contributed by atoms with Gasteiger partial charge in [-0.25, -0.2) is 0 Å². The molecule has 0 radical (unpaired) electrons. The van der Waals surface area contributed by atoms with E-state index in [0.29, 0.717) is 23.0 Å². The maximum absolute atomic E-state index is 12.1. The summed E-state index contributed by atoms with van der Waals surface area (Å²) >= 11 is 13.6. The molecule has 0 spiro atoms. The summed E-state index contributed by atoms with van der Waals surface area (Å²) in [4.78, 5) is 14.7. The normalized spacial score (nSPS) is 12.4. The molecule has 6 heteroatoms. The van der Waals surface area contributed by atoms with Gasteiger partial charge in [-0.2, -0.15) is 0 Å². The van der Waals surface area contributed by atoms with Crippen molar-refractivity contribution in [2.24, 2.45) is 0 Å². The molecule has 1 heterocycles. The van der Waals surface area contributed by atoms with E-state index in [0.717, 1.165) is 5.56 Å². The Balaban J connectivity index is 1.92. The number of rotatable bonds is 6. The first kappa shape index (κ1) is 17.3. The van der Waals surface area contributed by atoms with Crippen LogP contribution in [-0.2, 0) is 11.2 Å². The molecule has 0 aliphatic rings. The van der Waals surface area contributed by atoms with Gasteiger partial charge in [0.15, 0.2) is 0 Å². The quantitative estimate of drug-likeness (QED) is 0.818. The zero-order chi connectivity index (χ0) is 16.1. The minimum Gasteiger partial charge on any atom is -0.349 e. The number of amides is 1. The fraction of sp³-hybridized carbons (Fsp3) is 0.312. The van der Waals surface area contributed by atoms with Crippen LogP contribution in [0.1, 0.15) is 16.5 Å². The van der Waals surface area contributed by atoms with Crippen molar-refractivity contribution in [3.8, 4) is 0 Å². The van der Waals surface area contributed by atoms with Crippen molar-refractivity contribution in [1.29, 1.82) is 0 Å². The number of hydrogen-bond donors (Lipinski definition) is 2. The SMILES string of the molecule is C[NH+](C)[C@H](CNC(=O)Cc1ccc(Cl)c(Cl)c1)c1cccs1. The molecular formula is C16H19Cl2N2OS+. The molecule has 3 nitrogen and oxygen atoms in total. The Morgan fingerprint density at radius 1 is 1.27 bits per heavy atom. The Bertz CT molecular complexity index is 629. The van der Waals surface area contributed by atoms with Gasteiger partial charge in [-0.05, 0) is 29.1 Å². The van der Waals surface area contributed by atoms with E-state index < -0.39 is 0 Å². The first-order chi connectivity index (χ1) is 10.5. The second-order valence-corrected chi connectivity index (χ2v) is 7.17. The fourth-order valence-corrected chi connectivity index (χ4v) is 3.47. The molecule has 118 valence electrons. The summed E-state index contributed by atoms with van der Waals surface area (Å²) in [6.07, 6.45) is 0.302. The summed E-state index contributed by atoms with van der Waals surface area (Å²) < 4.78 is 0. The molecule has 1 atom stereocenters. The van der Waals surface area contributed by atoms with Crippen molar-refractivity contribution in [2.75, 3.05) is 20.6 Å². The molecule has 0 saturated heterocycles. The lowest BCUT2D eigenvalue weighted by molar-refractivity contribution is -0.890. The van der Waals surface area contributed by atoms with Crippen LogP contribution in [-0.4, -0.2) is 26.5 Å². The molecular weight excluding hydrogens is 339 g/mol. The van der Waals surface area contributed by atoms with Crippen LogP contribution in [0, 0.1) is 0 Å². The minimum atomic E-state index is -0.0128. The van der Waals surface area contributed by atoms with E-state index in [4.69, 9.17) is 23.2 Å². The van der Waals surface area contributed by atoms with E-state index in [2.05, 4.69) is 30.9 Å². The summed E-state index contributed by atoms with van der Waals surface area (Å²) in [6, 6.07) is 9.67. The van der Waals surface area contributed by atoms with E-state index in [1.165, 1.54) is 9.78 Å². The largest absolute Gasteiger partial charge is 0.349 e. The summed E-state index contributed by atoms with van der Waals surface area (Å²) in [7, 11) is 4.19. The molecule has 0 aliphatic heterocycles. The van der Waals surface area contributed by atoms with Gasteiger partial charge in [0.25, 0.3) is 0 Å². The Labute approximate surface area is 144 Å². The molecule has 1 aromatic carbocycles. The van der Waals surface area contributed by atoms with E-state index >= 15 is 0 Å². The lowest BCUT2D eigenvalue weighted by atomic mass is 10.1. The van der Waals surface area contributed by atoms with Crippen LogP contribution in [0.5, 0.6) is 0 Å². The molecule has 0 bridgehead atoms. The third-order valence-electron chi connectivity index (χ3n) is 3.44. The smallest absolute Gasteiger partial charge is 0.224 e.